The Morgan fingerprint density at radius 3 is 2.74 bits per heavy atom. The van der Waals surface area contributed by atoms with E-state index in [4.69, 9.17) is 4.74 Å². The van der Waals surface area contributed by atoms with E-state index in [1.54, 1.807) is 0 Å². The molecule has 3 rings (SSSR count). The maximum absolute atomic E-state index is 13.4. The van der Waals surface area contributed by atoms with E-state index in [0.717, 1.165) is 43.4 Å². The zero-order chi connectivity index (χ0) is 19.6. The number of rotatable bonds is 5. The number of thiophene rings is 1. The number of fused-ring (bicyclic) bond motifs is 1. The third-order valence-corrected chi connectivity index (χ3v) is 5.48. The second-order valence-electron chi connectivity index (χ2n) is 6.23. The summed E-state index contributed by atoms with van der Waals surface area (Å²) in [6, 6.07) is 4.81. The summed E-state index contributed by atoms with van der Waals surface area (Å²) in [6.07, 6.45) is 2.98. The molecule has 0 unspecified atom stereocenters. The van der Waals surface area contributed by atoms with Crippen molar-refractivity contribution >= 4 is 34.6 Å². The predicted molar refractivity (Wildman–Crippen MR) is 97.5 cm³/mol. The number of aryl methyl sites for hydroxylation is 2. The van der Waals surface area contributed by atoms with E-state index in [1.807, 2.05) is 6.07 Å². The van der Waals surface area contributed by atoms with Crippen molar-refractivity contribution in [2.24, 2.45) is 0 Å². The number of nitro benzene ring substituents is 1. The van der Waals surface area contributed by atoms with E-state index >= 15 is 0 Å². The topological polar surface area (TPSA) is 98.5 Å². The molecule has 1 heterocycles. The maximum atomic E-state index is 13.4. The Morgan fingerprint density at radius 1 is 1.30 bits per heavy atom. The van der Waals surface area contributed by atoms with Crippen LogP contribution < -0.4 is 5.32 Å². The van der Waals surface area contributed by atoms with Gasteiger partial charge in [-0.15, -0.1) is 11.3 Å². The van der Waals surface area contributed by atoms with Crippen molar-refractivity contribution in [2.75, 3.05) is 5.32 Å². The number of hydrogen-bond donors (Lipinski definition) is 1. The molecule has 1 aliphatic rings. The highest BCUT2D eigenvalue weighted by atomic mass is 32.1. The lowest BCUT2D eigenvalue weighted by molar-refractivity contribution is -0.387. The molecule has 9 heteroatoms. The second-order valence-corrected chi connectivity index (χ2v) is 7.36. The molecular formula is C18H17FN2O5S. The molecule has 1 amide bonds. The van der Waals surface area contributed by atoms with Crippen LogP contribution in [0.3, 0.4) is 0 Å². The molecule has 2 aromatic rings. The molecule has 1 aromatic carbocycles. The van der Waals surface area contributed by atoms with Gasteiger partial charge in [0.05, 0.1) is 4.92 Å². The van der Waals surface area contributed by atoms with E-state index in [2.05, 4.69) is 5.32 Å². The zero-order valence-corrected chi connectivity index (χ0v) is 15.3. The SMILES string of the molecule is C[C@@H](OC(=O)c1cc2c(s1)CCCC2)C(=O)Nc1ccc(F)c([N+](=O)[O-])c1. The van der Waals surface area contributed by atoms with Gasteiger partial charge in [-0.25, -0.2) is 4.79 Å². The van der Waals surface area contributed by atoms with Gasteiger partial charge in [0.2, 0.25) is 5.82 Å². The van der Waals surface area contributed by atoms with Crippen molar-refractivity contribution in [1.82, 2.24) is 0 Å². The smallest absolute Gasteiger partial charge is 0.349 e. The monoisotopic (exact) mass is 392 g/mol. The number of nitro groups is 1. The Balaban J connectivity index is 1.63. The van der Waals surface area contributed by atoms with Gasteiger partial charge in [-0.2, -0.15) is 4.39 Å². The van der Waals surface area contributed by atoms with Gasteiger partial charge in [-0.05, 0) is 56.4 Å². The van der Waals surface area contributed by atoms with Crippen LogP contribution in [0.15, 0.2) is 24.3 Å². The fourth-order valence-electron chi connectivity index (χ4n) is 2.84. The number of amides is 1. The van der Waals surface area contributed by atoms with Gasteiger partial charge in [-0.1, -0.05) is 0 Å². The Morgan fingerprint density at radius 2 is 2.04 bits per heavy atom. The van der Waals surface area contributed by atoms with Gasteiger partial charge in [-0.3, -0.25) is 14.9 Å². The molecule has 0 bridgehead atoms. The number of benzene rings is 1. The largest absolute Gasteiger partial charge is 0.448 e. The summed E-state index contributed by atoms with van der Waals surface area (Å²) in [7, 11) is 0. The number of esters is 1. The van der Waals surface area contributed by atoms with Crippen molar-refractivity contribution in [2.45, 2.75) is 38.7 Å². The number of ether oxygens (including phenoxy) is 1. The Hall–Kier alpha value is -2.81. The number of carbonyl (C=O) groups is 2. The number of carbonyl (C=O) groups excluding carboxylic acids is 2. The molecule has 1 aromatic heterocycles. The van der Waals surface area contributed by atoms with Crippen molar-refractivity contribution in [1.29, 1.82) is 0 Å². The van der Waals surface area contributed by atoms with Crippen LogP contribution in [0.25, 0.3) is 0 Å². The average Bonchev–Trinajstić information content (AvgIpc) is 3.07. The summed E-state index contributed by atoms with van der Waals surface area (Å²) in [5.74, 6) is -2.24. The highest BCUT2D eigenvalue weighted by molar-refractivity contribution is 7.14. The zero-order valence-electron chi connectivity index (χ0n) is 14.5. The van der Waals surface area contributed by atoms with Crippen molar-refractivity contribution in [3.05, 3.63) is 55.5 Å². The van der Waals surface area contributed by atoms with Gasteiger partial charge in [0.1, 0.15) is 4.88 Å². The van der Waals surface area contributed by atoms with Gasteiger partial charge >= 0.3 is 11.7 Å². The van der Waals surface area contributed by atoms with Crippen molar-refractivity contribution in [3.8, 4) is 0 Å². The summed E-state index contributed by atoms with van der Waals surface area (Å²) < 4.78 is 18.6. The average molecular weight is 392 g/mol. The van der Waals surface area contributed by atoms with Gasteiger partial charge in [0.15, 0.2) is 6.10 Å². The minimum Gasteiger partial charge on any atom is -0.448 e. The molecule has 0 spiro atoms. The summed E-state index contributed by atoms with van der Waals surface area (Å²) in [5.41, 5.74) is 0.457. The Labute approximate surface area is 158 Å². The fraction of sp³-hybridized carbons (Fsp3) is 0.333. The van der Waals surface area contributed by atoms with Gasteiger partial charge in [0.25, 0.3) is 5.91 Å². The normalized spacial score (nSPS) is 14.1. The first-order valence-corrected chi connectivity index (χ1v) is 9.24. The van der Waals surface area contributed by atoms with Gasteiger partial charge in [0, 0.05) is 16.6 Å². The molecule has 142 valence electrons. The molecule has 27 heavy (non-hydrogen) atoms. The first-order valence-electron chi connectivity index (χ1n) is 8.42. The minimum absolute atomic E-state index is 0.0441. The molecule has 0 aliphatic heterocycles. The summed E-state index contributed by atoms with van der Waals surface area (Å²) in [5, 5.41) is 13.2. The molecular weight excluding hydrogens is 375 g/mol. The fourth-order valence-corrected chi connectivity index (χ4v) is 3.97. The van der Waals surface area contributed by atoms with Crippen LogP contribution in [0.4, 0.5) is 15.8 Å². The van der Waals surface area contributed by atoms with Crippen molar-refractivity contribution in [3.63, 3.8) is 0 Å². The maximum Gasteiger partial charge on any atom is 0.349 e. The standard InChI is InChI=1S/C18H17FN2O5S/c1-10(17(22)20-12-6-7-13(19)14(9-12)21(24)25)26-18(23)16-8-11-4-2-3-5-15(11)27-16/h6-10H,2-5H2,1H3,(H,20,22)/t10-/m1/s1. The summed E-state index contributed by atoms with van der Waals surface area (Å²) in [6.45, 7) is 1.40. The molecule has 1 aliphatic carbocycles. The van der Waals surface area contributed by atoms with Crippen LogP contribution >= 0.6 is 11.3 Å². The number of hydrogen-bond acceptors (Lipinski definition) is 6. The first-order chi connectivity index (χ1) is 12.8. The second kappa shape index (κ2) is 7.83. The first kappa shape index (κ1) is 19.0. The predicted octanol–water partition coefficient (Wildman–Crippen LogP) is 3.86. The minimum atomic E-state index is -1.11. The number of nitrogens with zero attached hydrogens (tertiary/aromatic N) is 1. The van der Waals surface area contributed by atoms with Crippen LogP contribution in [-0.2, 0) is 22.4 Å². The Bertz CT molecular complexity index is 888. The third-order valence-electron chi connectivity index (χ3n) is 4.26. The van der Waals surface area contributed by atoms with Crippen LogP contribution in [0, 0.1) is 15.9 Å². The quantitative estimate of drug-likeness (QED) is 0.473. The van der Waals surface area contributed by atoms with E-state index in [0.29, 0.717) is 4.88 Å². The summed E-state index contributed by atoms with van der Waals surface area (Å²) in [4.78, 5) is 36.0. The van der Waals surface area contributed by atoms with Crippen LogP contribution in [-0.4, -0.2) is 22.9 Å². The molecule has 1 atom stereocenters. The lowest BCUT2D eigenvalue weighted by atomic mass is 9.99. The molecule has 0 saturated carbocycles. The molecule has 7 nitrogen and oxygen atoms in total. The molecule has 0 fully saturated rings. The van der Waals surface area contributed by atoms with E-state index < -0.39 is 34.4 Å². The molecule has 1 N–H and O–H groups in total. The van der Waals surface area contributed by atoms with Crippen LogP contribution in [0.1, 0.15) is 39.9 Å². The number of anilines is 1. The highest BCUT2D eigenvalue weighted by Crippen LogP contribution is 2.30. The lowest BCUT2D eigenvalue weighted by Crippen LogP contribution is -2.29. The van der Waals surface area contributed by atoms with Crippen LogP contribution in [0.5, 0.6) is 0 Å². The van der Waals surface area contributed by atoms with E-state index in [9.17, 15) is 24.1 Å². The van der Waals surface area contributed by atoms with Gasteiger partial charge < -0.3 is 10.1 Å². The van der Waals surface area contributed by atoms with Crippen molar-refractivity contribution < 1.29 is 23.6 Å². The number of halogens is 1. The van der Waals surface area contributed by atoms with E-state index in [-0.39, 0.29) is 5.69 Å². The Kier molecular flexibility index (Phi) is 5.50. The number of nitrogens with one attached hydrogen (secondary N) is 1. The van der Waals surface area contributed by atoms with E-state index in [1.165, 1.54) is 29.2 Å². The lowest BCUT2D eigenvalue weighted by Gasteiger charge is -2.13. The molecule has 0 radical (unpaired) electrons. The third kappa shape index (κ3) is 4.30. The summed E-state index contributed by atoms with van der Waals surface area (Å²) >= 11 is 1.38. The molecule has 0 saturated heterocycles. The van der Waals surface area contributed by atoms with Crippen LogP contribution in [0.2, 0.25) is 0 Å². The highest BCUT2D eigenvalue weighted by Gasteiger charge is 2.23.